The van der Waals surface area contributed by atoms with Gasteiger partial charge in [-0.25, -0.2) is 0 Å². The van der Waals surface area contributed by atoms with Crippen LogP contribution in [0.5, 0.6) is 0 Å². The molecule has 2 aromatic carbocycles. The van der Waals surface area contributed by atoms with Crippen molar-refractivity contribution < 1.29 is 14.1 Å². The van der Waals surface area contributed by atoms with Crippen molar-refractivity contribution in [2.24, 2.45) is 0 Å². The summed E-state index contributed by atoms with van der Waals surface area (Å²) in [4.78, 5) is 22.3. The van der Waals surface area contributed by atoms with E-state index in [1.54, 1.807) is 6.92 Å². The number of hydrogen-bond donors (Lipinski definition) is 1. The van der Waals surface area contributed by atoms with Gasteiger partial charge in [0.1, 0.15) is 0 Å². The van der Waals surface area contributed by atoms with Crippen LogP contribution in [0.3, 0.4) is 0 Å². The van der Waals surface area contributed by atoms with E-state index in [-0.39, 0.29) is 17.3 Å². The molecular formula is C17H14N4O4S. The van der Waals surface area contributed by atoms with Crippen LogP contribution in [-0.2, 0) is 4.79 Å². The monoisotopic (exact) mass is 370 g/mol. The molecule has 3 aromatic rings. The molecule has 1 amide bonds. The Bertz CT molecular complexity index is 943. The molecule has 9 heteroatoms. The summed E-state index contributed by atoms with van der Waals surface area (Å²) < 4.78 is 5.52. The lowest BCUT2D eigenvalue weighted by Crippen LogP contribution is -2.14. The number of carbonyl (C=O) groups excluding carboxylic acids is 1. The molecule has 0 spiro atoms. The van der Waals surface area contributed by atoms with Crippen LogP contribution in [-0.4, -0.2) is 26.8 Å². The Morgan fingerprint density at radius 2 is 2.00 bits per heavy atom. The van der Waals surface area contributed by atoms with Gasteiger partial charge in [0, 0.05) is 23.4 Å². The number of anilines is 1. The highest BCUT2D eigenvalue weighted by Gasteiger charge is 2.13. The summed E-state index contributed by atoms with van der Waals surface area (Å²) in [6.45, 7) is 1.69. The molecule has 0 saturated heterocycles. The SMILES string of the molecule is Cc1cc([N+](=O)[O-])ccc1NC(=O)CSc1nnc(-c2ccccc2)o1. The predicted molar refractivity (Wildman–Crippen MR) is 96.9 cm³/mol. The molecule has 3 rings (SSSR count). The lowest BCUT2D eigenvalue weighted by molar-refractivity contribution is -0.384. The Hall–Kier alpha value is -3.20. The average Bonchev–Trinajstić information content (AvgIpc) is 3.11. The minimum Gasteiger partial charge on any atom is -0.411 e. The van der Waals surface area contributed by atoms with Crippen molar-refractivity contribution in [3.8, 4) is 11.5 Å². The van der Waals surface area contributed by atoms with Gasteiger partial charge in [-0.2, -0.15) is 0 Å². The maximum Gasteiger partial charge on any atom is 0.277 e. The van der Waals surface area contributed by atoms with Crippen LogP contribution >= 0.6 is 11.8 Å². The summed E-state index contributed by atoms with van der Waals surface area (Å²) in [5.41, 5.74) is 1.92. The molecule has 1 aromatic heterocycles. The molecule has 0 bridgehead atoms. The van der Waals surface area contributed by atoms with Crippen molar-refractivity contribution >= 4 is 29.0 Å². The summed E-state index contributed by atoms with van der Waals surface area (Å²) in [6.07, 6.45) is 0. The zero-order chi connectivity index (χ0) is 18.5. The number of non-ortho nitro benzene ring substituents is 1. The van der Waals surface area contributed by atoms with E-state index in [1.165, 1.54) is 18.2 Å². The van der Waals surface area contributed by atoms with Gasteiger partial charge < -0.3 is 9.73 Å². The normalized spacial score (nSPS) is 10.5. The Labute approximate surface area is 152 Å². The van der Waals surface area contributed by atoms with Crippen molar-refractivity contribution in [1.82, 2.24) is 10.2 Å². The predicted octanol–water partition coefficient (Wildman–Crippen LogP) is 3.68. The molecule has 0 aliphatic carbocycles. The van der Waals surface area contributed by atoms with Gasteiger partial charge in [-0.3, -0.25) is 14.9 Å². The second kappa shape index (κ2) is 7.79. The number of thioether (sulfide) groups is 1. The first-order chi connectivity index (χ1) is 12.5. The largest absolute Gasteiger partial charge is 0.411 e. The third-order valence-corrected chi connectivity index (χ3v) is 4.27. The topological polar surface area (TPSA) is 111 Å². The molecule has 0 atom stereocenters. The maximum atomic E-state index is 12.1. The molecule has 26 heavy (non-hydrogen) atoms. The van der Waals surface area contributed by atoms with E-state index >= 15 is 0 Å². The molecule has 0 fully saturated rings. The summed E-state index contributed by atoms with van der Waals surface area (Å²) >= 11 is 1.12. The van der Waals surface area contributed by atoms with Crippen molar-refractivity contribution in [3.05, 3.63) is 64.2 Å². The number of aryl methyl sites for hydroxylation is 1. The number of nitro groups is 1. The molecule has 0 unspecified atom stereocenters. The third kappa shape index (κ3) is 4.25. The van der Waals surface area contributed by atoms with E-state index in [4.69, 9.17) is 4.42 Å². The van der Waals surface area contributed by atoms with Crippen LogP contribution in [0.2, 0.25) is 0 Å². The van der Waals surface area contributed by atoms with Crippen LogP contribution in [0.4, 0.5) is 11.4 Å². The number of carbonyl (C=O) groups is 1. The number of nitro benzene ring substituents is 1. The Morgan fingerprint density at radius 3 is 2.69 bits per heavy atom. The van der Waals surface area contributed by atoms with Gasteiger partial charge in [0.25, 0.3) is 10.9 Å². The van der Waals surface area contributed by atoms with Crippen molar-refractivity contribution in [3.63, 3.8) is 0 Å². The molecule has 0 aliphatic rings. The Kier molecular flexibility index (Phi) is 5.28. The first-order valence-corrected chi connectivity index (χ1v) is 8.58. The molecule has 132 valence electrons. The molecule has 0 radical (unpaired) electrons. The van der Waals surface area contributed by atoms with Gasteiger partial charge in [0.15, 0.2) is 0 Å². The Balaban J connectivity index is 1.58. The van der Waals surface area contributed by atoms with Crippen LogP contribution in [0, 0.1) is 17.0 Å². The third-order valence-electron chi connectivity index (χ3n) is 3.45. The first-order valence-electron chi connectivity index (χ1n) is 7.59. The summed E-state index contributed by atoms with van der Waals surface area (Å²) in [5, 5.41) is 21.6. The standard InChI is InChI=1S/C17H14N4O4S/c1-11-9-13(21(23)24)7-8-14(11)18-15(22)10-26-17-20-19-16(25-17)12-5-3-2-4-6-12/h2-9H,10H2,1H3,(H,18,22). The van der Waals surface area contributed by atoms with Gasteiger partial charge in [-0.15, -0.1) is 10.2 Å². The number of aromatic nitrogens is 2. The summed E-state index contributed by atoms with van der Waals surface area (Å²) in [7, 11) is 0. The number of nitrogens with zero attached hydrogens (tertiary/aromatic N) is 3. The van der Waals surface area contributed by atoms with Gasteiger partial charge in [0.05, 0.1) is 10.7 Å². The van der Waals surface area contributed by atoms with Crippen LogP contribution in [0.1, 0.15) is 5.56 Å². The Morgan fingerprint density at radius 1 is 1.23 bits per heavy atom. The van der Waals surface area contributed by atoms with Crippen LogP contribution in [0.15, 0.2) is 58.2 Å². The fraction of sp³-hybridized carbons (Fsp3) is 0.118. The summed E-state index contributed by atoms with van der Waals surface area (Å²) in [6, 6.07) is 13.6. The molecular weight excluding hydrogens is 356 g/mol. The van der Waals surface area contributed by atoms with Crippen LogP contribution < -0.4 is 5.32 Å². The van der Waals surface area contributed by atoms with Crippen LogP contribution in [0.25, 0.3) is 11.5 Å². The van der Waals surface area contributed by atoms with E-state index in [9.17, 15) is 14.9 Å². The van der Waals surface area contributed by atoms with E-state index < -0.39 is 4.92 Å². The molecule has 0 aliphatic heterocycles. The van der Waals surface area contributed by atoms with Gasteiger partial charge in [-0.05, 0) is 30.7 Å². The quantitative estimate of drug-likeness (QED) is 0.400. The highest BCUT2D eigenvalue weighted by atomic mass is 32.2. The minimum atomic E-state index is -0.478. The number of amides is 1. The number of hydrogen-bond acceptors (Lipinski definition) is 7. The molecule has 1 heterocycles. The fourth-order valence-corrected chi connectivity index (χ4v) is 2.74. The van der Waals surface area contributed by atoms with Crippen molar-refractivity contribution in [2.45, 2.75) is 12.1 Å². The molecule has 0 saturated carbocycles. The molecule has 8 nitrogen and oxygen atoms in total. The van der Waals surface area contributed by atoms with E-state index in [0.29, 0.717) is 22.4 Å². The lowest BCUT2D eigenvalue weighted by Gasteiger charge is -2.07. The van der Waals surface area contributed by atoms with Crippen molar-refractivity contribution in [1.29, 1.82) is 0 Å². The highest BCUT2D eigenvalue weighted by molar-refractivity contribution is 7.99. The minimum absolute atomic E-state index is 0.0193. The van der Waals surface area contributed by atoms with Gasteiger partial charge in [0.2, 0.25) is 11.8 Å². The fourth-order valence-electron chi connectivity index (χ4n) is 2.18. The summed E-state index contributed by atoms with van der Waals surface area (Å²) in [5.74, 6) is 0.193. The zero-order valence-electron chi connectivity index (χ0n) is 13.7. The zero-order valence-corrected chi connectivity index (χ0v) is 14.5. The van der Waals surface area contributed by atoms with Gasteiger partial charge >= 0.3 is 0 Å². The van der Waals surface area contributed by atoms with E-state index in [1.807, 2.05) is 30.3 Å². The van der Waals surface area contributed by atoms with Gasteiger partial charge in [-0.1, -0.05) is 30.0 Å². The number of nitrogens with one attached hydrogen (secondary N) is 1. The lowest BCUT2D eigenvalue weighted by atomic mass is 10.2. The van der Waals surface area contributed by atoms with E-state index in [0.717, 1.165) is 17.3 Å². The highest BCUT2D eigenvalue weighted by Crippen LogP contribution is 2.24. The second-order valence-corrected chi connectivity index (χ2v) is 6.26. The number of benzene rings is 2. The smallest absolute Gasteiger partial charge is 0.277 e. The average molecular weight is 370 g/mol. The van der Waals surface area contributed by atoms with E-state index in [2.05, 4.69) is 15.5 Å². The second-order valence-electron chi connectivity index (χ2n) is 5.33. The number of rotatable bonds is 6. The van der Waals surface area contributed by atoms with Crippen molar-refractivity contribution in [2.75, 3.05) is 11.1 Å². The maximum absolute atomic E-state index is 12.1. The molecule has 1 N–H and O–H groups in total. The first kappa shape index (κ1) is 17.6.